The van der Waals surface area contributed by atoms with Crippen LogP contribution in [-0.2, 0) is 4.79 Å². The quantitative estimate of drug-likeness (QED) is 0.716. The van der Waals surface area contributed by atoms with Crippen molar-refractivity contribution < 1.29 is 13.9 Å². The van der Waals surface area contributed by atoms with Crippen molar-refractivity contribution in [2.24, 2.45) is 0 Å². The van der Waals surface area contributed by atoms with Crippen molar-refractivity contribution in [1.82, 2.24) is 0 Å². The summed E-state index contributed by atoms with van der Waals surface area (Å²) < 4.78 is 19.7. The molecule has 0 aliphatic rings. The molecule has 0 fully saturated rings. The van der Waals surface area contributed by atoms with Gasteiger partial charge in [-0.25, -0.2) is 4.39 Å². The van der Waals surface area contributed by atoms with Gasteiger partial charge in [-0.3, -0.25) is 4.79 Å². The third-order valence-electron chi connectivity index (χ3n) is 2.97. The Morgan fingerprint density at radius 2 is 2.00 bits per heavy atom. The second-order valence-corrected chi connectivity index (χ2v) is 5.78. The molecule has 0 radical (unpaired) electrons. The molecular weight excluding hydrogens is 361 g/mol. The number of amides is 1. The molecule has 0 heterocycles. The summed E-state index contributed by atoms with van der Waals surface area (Å²) in [5.74, 6) is -0.0820. The number of carbonyl (C=O) groups excluding carboxylic acids is 1. The number of halogens is 2. The highest BCUT2D eigenvalue weighted by Crippen LogP contribution is 2.19. The molecule has 0 atom stereocenters. The lowest BCUT2D eigenvalue weighted by atomic mass is 10.2. The molecule has 0 spiro atoms. The Morgan fingerprint density at radius 3 is 2.65 bits per heavy atom. The Bertz CT molecular complexity index is 699. The van der Waals surface area contributed by atoms with Crippen molar-refractivity contribution in [1.29, 1.82) is 0 Å². The third-order valence-corrected chi connectivity index (χ3v) is 3.46. The molecule has 0 aliphatic heterocycles. The number of ether oxygens (including phenoxy) is 1. The Labute approximate surface area is 143 Å². The first-order chi connectivity index (χ1) is 11.1. The van der Waals surface area contributed by atoms with E-state index in [-0.39, 0.29) is 5.69 Å². The Hall–Kier alpha value is -2.14. The zero-order valence-corrected chi connectivity index (χ0v) is 14.3. The average molecular weight is 378 g/mol. The van der Waals surface area contributed by atoms with Crippen molar-refractivity contribution in [3.63, 3.8) is 0 Å². The van der Waals surface area contributed by atoms with Crippen molar-refractivity contribution in [2.75, 3.05) is 11.9 Å². The van der Waals surface area contributed by atoms with Gasteiger partial charge in [0.05, 0.1) is 12.3 Å². The summed E-state index contributed by atoms with van der Waals surface area (Å²) in [6.45, 7) is 2.72. The van der Waals surface area contributed by atoms with Gasteiger partial charge in [0.15, 0.2) is 0 Å². The van der Waals surface area contributed by atoms with Gasteiger partial charge in [0.25, 0.3) is 0 Å². The number of hydrogen-bond donors (Lipinski definition) is 1. The molecule has 5 heteroatoms. The van der Waals surface area contributed by atoms with Crippen LogP contribution >= 0.6 is 15.9 Å². The molecule has 3 nitrogen and oxygen atoms in total. The molecule has 1 N–H and O–H groups in total. The van der Waals surface area contributed by atoms with Crippen LogP contribution in [0.1, 0.15) is 18.9 Å². The molecule has 0 saturated carbocycles. The summed E-state index contributed by atoms with van der Waals surface area (Å²) in [5, 5.41) is 2.50. The van der Waals surface area contributed by atoms with Gasteiger partial charge in [-0.05, 0) is 48.4 Å². The van der Waals surface area contributed by atoms with E-state index in [0.29, 0.717) is 11.1 Å². The van der Waals surface area contributed by atoms with Crippen molar-refractivity contribution in [3.05, 3.63) is 64.4 Å². The third kappa shape index (κ3) is 5.53. The lowest BCUT2D eigenvalue weighted by molar-refractivity contribution is -0.111. The summed E-state index contributed by atoms with van der Waals surface area (Å²) in [7, 11) is 0. The Balaban J connectivity index is 1.95. The van der Waals surface area contributed by atoms with E-state index < -0.39 is 11.7 Å². The average Bonchev–Trinajstić information content (AvgIpc) is 2.54. The monoisotopic (exact) mass is 377 g/mol. The fourth-order valence-corrected chi connectivity index (χ4v) is 2.17. The van der Waals surface area contributed by atoms with Gasteiger partial charge in [0, 0.05) is 10.5 Å². The zero-order chi connectivity index (χ0) is 16.7. The van der Waals surface area contributed by atoms with Crippen LogP contribution in [0.3, 0.4) is 0 Å². The van der Waals surface area contributed by atoms with Crippen LogP contribution in [0.5, 0.6) is 5.75 Å². The molecule has 23 heavy (non-hydrogen) atoms. The molecule has 0 saturated heterocycles. The van der Waals surface area contributed by atoms with Crippen molar-refractivity contribution in [2.45, 2.75) is 13.3 Å². The number of benzene rings is 2. The molecule has 0 aliphatic carbocycles. The topological polar surface area (TPSA) is 38.3 Å². The second kappa shape index (κ2) is 8.48. The standard InChI is InChI=1S/C18H17BrFNO2/c1-2-11-23-15-7-3-13(4-8-15)5-10-18(22)21-17-9-6-14(19)12-16(17)20/h3-10,12H,2,11H2,1H3,(H,21,22)/b10-5+. The summed E-state index contributed by atoms with van der Waals surface area (Å²) in [5.41, 5.74) is 1.01. The van der Waals surface area contributed by atoms with Gasteiger partial charge in [-0.1, -0.05) is 35.0 Å². The van der Waals surface area contributed by atoms with E-state index in [4.69, 9.17) is 4.74 Å². The van der Waals surface area contributed by atoms with E-state index in [2.05, 4.69) is 21.2 Å². The molecule has 0 aromatic heterocycles. The van der Waals surface area contributed by atoms with Crippen LogP contribution in [0.15, 0.2) is 53.0 Å². The van der Waals surface area contributed by atoms with Crippen LogP contribution in [0.4, 0.5) is 10.1 Å². The summed E-state index contributed by atoms with van der Waals surface area (Å²) >= 11 is 3.17. The normalized spacial score (nSPS) is 10.7. The summed E-state index contributed by atoms with van der Waals surface area (Å²) in [6.07, 6.45) is 3.98. The highest BCUT2D eigenvalue weighted by Gasteiger charge is 2.05. The van der Waals surface area contributed by atoms with Gasteiger partial charge in [0.1, 0.15) is 11.6 Å². The second-order valence-electron chi connectivity index (χ2n) is 4.86. The molecule has 2 rings (SSSR count). The number of rotatable bonds is 6. The number of nitrogens with one attached hydrogen (secondary N) is 1. The lowest BCUT2D eigenvalue weighted by Crippen LogP contribution is -2.09. The molecular formula is C18H17BrFNO2. The van der Waals surface area contributed by atoms with Crippen LogP contribution in [-0.4, -0.2) is 12.5 Å². The molecule has 2 aromatic rings. The summed E-state index contributed by atoms with van der Waals surface area (Å²) in [6, 6.07) is 11.9. The van der Waals surface area contributed by atoms with Crippen molar-refractivity contribution >= 4 is 33.6 Å². The molecule has 0 unspecified atom stereocenters. The zero-order valence-electron chi connectivity index (χ0n) is 12.7. The highest BCUT2D eigenvalue weighted by molar-refractivity contribution is 9.10. The minimum atomic E-state index is -0.487. The summed E-state index contributed by atoms with van der Waals surface area (Å²) in [4.78, 5) is 11.8. The SMILES string of the molecule is CCCOc1ccc(/C=C/C(=O)Nc2ccc(Br)cc2F)cc1. The minimum Gasteiger partial charge on any atom is -0.494 e. The Morgan fingerprint density at radius 1 is 1.26 bits per heavy atom. The number of carbonyl (C=O) groups is 1. The predicted octanol–water partition coefficient (Wildman–Crippen LogP) is 5.03. The van der Waals surface area contributed by atoms with Gasteiger partial charge >= 0.3 is 0 Å². The van der Waals surface area contributed by atoms with Crippen LogP contribution in [0.25, 0.3) is 6.08 Å². The lowest BCUT2D eigenvalue weighted by Gasteiger charge is -2.05. The Kier molecular flexibility index (Phi) is 6.35. The maximum absolute atomic E-state index is 13.6. The predicted molar refractivity (Wildman–Crippen MR) is 94.0 cm³/mol. The maximum Gasteiger partial charge on any atom is 0.248 e. The van der Waals surface area contributed by atoms with Gasteiger partial charge < -0.3 is 10.1 Å². The largest absolute Gasteiger partial charge is 0.494 e. The fourth-order valence-electron chi connectivity index (χ4n) is 1.83. The van der Waals surface area contributed by atoms with E-state index in [1.54, 1.807) is 12.1 Å². The van der Waals surface area contributed by atoms with Crippen molar-refractivity contribution in [3.8, 4) is 5.75 Å². The van der Waals surface area contributed by atoms with E-state index in [9.17, 15) is 9.18 Å². The fraction of sp³-hybridized carbons (Fsp3) is 0.167. The van der Waals surface area contributed by atoms with E-state index in [1.807, 2.05) is 31.2 Å². The first-order valence-corrected chi connectivity index (χ1v) is 8.05. The first-order valence-electron chi connectivity index (χ1n) is 7.25. The van der Waals surface area contributed by atoms with E-state index in [0.717, 1.165) is 17.7 Å². The molecule has 0 bridgehead atoms. The van der Waals surface area contributed by atoms with Crippen LogP contribution in [0.2, 0.25) is 0 Å². The smallest absolute Gasteiger partial charge is 0.248 e. The van der Waals surface area contributed by atoms with E-state index >= 15 is 0 Å². The first kappa shape index (κ1) is 17.2. The van der Waals surface area contributed by atoms with Gasteiger partial charge in [-0.15, -0.1) is 0 Å². The van der Waals surface area contributed by atoms with Gasteiger partial charge in [-0.2, -0.15) is 0 Å². The molecule has 120 valence electrons. The number of anilines is 1. The number of hydrogen-bond acceptors (Lipinski definition) is 2. The maximum atomic E-state index is 13.6. The van der Waals surface area contributed by atoms with Crippen LogP contribution < -0.4 is 10.1 Å². The highest BCUT2D eigenvalue weighted by atomic mass is 79.9. The minimum absolute atomic E-state index is 0.145. The van der Waals surface area contributed by atoms with Gasteiger partial charge in [0.2, 0.25) is 5.91 Å². The molecule has 2 aromatic carbocycles. The molecule has 1 amide bonds. The van der Waals surface area contributed by atoms with E-state index in [1.165, 1.54) is 18.2 Å². The van der Waals surface area contributed by atoms with Crippen LogP contribution in [0, 0.1) is 5.82 Å².